The third kappa shape index (κ3) is 4.87. The zero-order valence-corrected chi connectivity index (χ0v) is 12.6. The van der Waals surface area contributed by atoms with Crippen LogP contribution < -0.4 is 16.4 Å². The molecule has 2 unspecified atom stereocenters. The van der Waals surface area contributed by atoms with E-state index in [1.54, 1.807) is 26.3 Å². The summed E-state index contributed by atoms with van der Waals surface area (Å²) >= 11 is 1.32. The van der Waals surface area contributed by atoms with Gasteiger partial charge < -0.3 is 21.1 Å². The molecule has 1 aromatic heterocycles. The first-order valence-electron chi connectivity index (χ1n) is 6.24. The van der Waals surface area contributed by atoms with Crippen LogP contribution in [0.15, 0.2) is 5.38 Å². The number of thiazole rings is 1. The van der Waals surface area contributed by atoms with Crippen LogP contribution in [0, 0.1) is 0 Å². The van der Waals surface area contributed by atoms with E-state index in [4.69, 9.17) is 10.5 Å². The molecular formula is C12H20N4O3S. The summed E-state index contributed by atoms with van der Waals surface area (Å²) in [5, 5.41) is 7.55. The summed E-state index contributed by atoms with van der Waals surface area (Å²) in [6.45, 7) is 4.24. The maximum absolute atomic E-state index is 11.9. The Hall–Kier alpha value is -1.51. The fraction of sp³-hybridized carbons (Fsp3) is 0.583. The molecule has 0 aliphatic rings. The smallest absolute Gasteiger partial charge is 0.271 e. The topological polar surface area (TPSA) is 106 Å². The lowest BCUT2D eigenvalue weighted by Crippen LogP contribution is -2.45. The summed E-state index contributed by atoms with van der Waals surface area (Å²) in [6, 6.07) is -0.851. The highest BCUT2D eigenvalue weighted by Gasteiger charge is 2.18. The first-order chi connectivity index (χ1) is 9.45. The molecule has 20 heavy (non-hydrogen) atoms. The van der Waals surface area contributed by atoms with Crippen LogP contribution in [0.1, 0.15) is 35.4 Å². The van der Waals surface area contributed by atoms with Crippen molar-refractivity contribution in [2.45, 2.75) is 25.9 Å². The van der Waals surface area contributed by atoms with Crippen LogP contribution in [0.5, 0.6) is 0 Å². The molecule has 4 N–H and O–H groups in total. The van der Waals surface area contributed by atoms with Gasteiger partial charge in [0.1, 0.15) is 16.7 Å². The van der Waals surface area contributed by atoms with Crippen molar-refractivity contribution >= 4 is 23.2 Å². The van der Waals surface area contributed by atoms with Crippen LogP contribution in [0.2, 0.25) is 0 Å². The largest absolute Gasteiger partial charge is 0.383 e. The molecule has 2 atom stereocenters. The van der Waals surface area contributed by atoms with Gasteiger partial charge in [0.2, 0.25) is 5.91 Å². The number of carbonyl (C=O) groups excluding carboxylic acids is 2. The highest BCUT2D eigenvalue weighted by Crippen LogP contribution is 2.15. The lowest BCUT2D eigenvalue weighted by molar-refractivity contribution is -0.122. The zero-order valence-electron chi connectivity index (χ0n) is 11.8. The van der Waals surface area contributed by atoms with Gasteiger partial charge in [0, 0.05) is 19.0 Å². The predicted octanol–water partition coefficient (Wildman–Crippen LogP) is 0.0437. The van der Waals surface area contributed by atoms with E-state index in [0.717, 1.165) is 0 Å². The number of nitrogens with one attached hydrogen (secondary N) is 2. The number of hydrogen-bond acceptors (Lipinski definition) is 6. The second-order valence-electron chi connectivity index (χ2n) is 4.34. The highest BCUT2D eigenvalue weighted by molar-refractivity contribution is 7.09. The lowest BCUT2D eigenvalue weighted by Gasteiger charge is -2.13. The number of amides is 2. The quantitative estimate of drug-likeness (QED) is 0.617. The van der Waals surface area contributed by atoms with Gasteiger partial charge in [-0.2, -0.15) is 0 Å². The van der Waals surface area contributed by atoms with E-state index in [2.05, 4.69) is 15.6 Å². The van der Waals surface area contributed by atoms with Gasteiger partial charge in [0.05, 0.1) is 12.6 Å². The maximum atomic E-state index is 11.9. The minimum absolute atomic E-state index is 0.212. The van der Waals surface area contributed by atoms with Crippen LogP contribution >= 0.6 is 11.3 Å². The molecule has 0 bridgehead atoms. The number of rotatable bonds is 7. The van der Waals surface area contributed by atoms with Crippen molar-refractivity contribution in [1.29, 1.82) is 0 Å². The first kappa shape index (κ1) is 16.5. The standard InChI is InChI=1S/C12H20N4O3S/c1-7(13)12-16-9(6-20-12)11(18)15-8(2)10(17)14-4-5-19-3/h6-8H,4-5,13H2,1-3H3,(H,14,17)(H,15,18). The van der Waals surface area contributed by atoms with Crippen molar-refractivity contribution in [3.05, 3.63) is 16.1 Å². The number of ether oxygens (including phenoxy) is 1. The Morgan fingerprint density at radius 2 is 2.20 bits per heavy atom. The Bertz CT molecular complexity index is 461. The van der Waals surface area contributed by atoms with Crippen molar-refractivity contribution < 1.29 is 14.3 Å². The van der Waals surface area contributed by atoms with Crippen LogP contribution in [0.3, 0.4) is 0 Å². The van der Waals surface area contributed by atoms with E-state index in [1.807, 2.05) is 0 Å². The molecule has 0 aliphatic heterocycles. The summed E-state index contributed by atoms with van der Waals surface area (Å²) in [5.41, 5.74) is 5.96. The summed E-state index contributed by atoms with van der Waals surface area (Å²) in [7, 11) is 1.55. The van der Waals surface area contributed by atoms with Crippen LogP contribution in [-0.4, -0.2) is 43.1 Å². The molecule has 0 radical (unpaired) electrons. The Morgan fingerprint density at radius 1 is 1.50 bits per heavy atom. The van der Waals surface area contributed by atoms with Crippen molar-refractivity contribution in [3.8, 4) is 0 Å². The van der Waals surface area contributed by atoms with Crippen LogP contribution in [0.4, 0.5) is 0 Å². The molecule has 0 aromatic carbocycles. The zero-order chi connectivity index (χ0) is 15.1. The van der Waals surface area contributed by atoms with E-state index in [0.29, 0.717) is 18.2 Å². The second kappa shape index (κ2) is 7.93. The third-order valence-electron chi connectivity index (χ3n) is 2.49. The lowest BCUT2D eigenvalue weighted by atomic mass is 10.3. The third-order valence-corrected chi connectivity index (χ3v) is 3.54. The Morgan fingerprint density at radius 3 is 2.75 bits per heavy atom. The predicted molar refractivity (Wildman–Crippen MR) is 76.5 cm³/mol. The SMILES string of the molecule is COCCNC(=O)C(C)NC(=O)c1csc(C(C)N)n1. The van der Waals surface area contributed by atoms with E-state index >= 15 is 0 Å². The van der Waals surface area contributed by atoms with E-state index in [9.17, 15) is 9.59 Å². The number of nitrogens with zero attached hydrogens (tertiary/aromatic N) is 1. The average Bonchev–Trinajstić information content (AvgIpc) is 2.88. The van der Waals surface area contributed by atoms with Gasteiger partial charge in [-0.1, -0.05) is 0 Å². The highest BCUT2D eigenvalue weighted by atomic mass is 32.1. The van der Waals surface area contributed by atoms with E-state index < -0.39 is 6.04 Å². The fourth-order valence-electron chi connectivity index (χ4n) is 1.37. The molecule has 0 aliphatic carbocycles. The maximum Gasteiger partial charge on any atom is 0.271 e. The van der Waals surface area contributed by atoms with Crippen LogP contribution in [-0.2, 0) is 9.53 Å². The molecule has 0 spiro atoms. The minimum atomic E-state index is -0.639. The number of methoxy groups -OCH3 is 1. The van der Waals surface area contributed by atoms with Crippen LogP contribution in [0.25, 0.3) is 0 Å². The molecule has 8 heteroatoms. The van der Waals surface area contributed by atoms with Gasteiger partial charge in [0.25, 0.3) is 5.91 Å². The van der Waals surface area contributed by atoms with Gasteiger partial charge in [-0.15, -0.1) is 11.3 Å². The van der Waals surface area contributed by atoms with Gasteiger partial charge in [-0.3, -0.25) is 9.59 Å². The number of aromatic nitrogens is 1. The van der Waals surface area contributed by atoms with Gasteiger partial charge in [0.15, 0.2) is 0 Å². The first-order valence-corrected chi connectivity index (χ1v) is 7.12. The number of nitrogens with two attached hydrogens (primary N) is 1. The fourth-order valence-corrected chi connectivity index (χ4v) is 2.12. The summed E-state index contributed by atoms with van der Waals surface area (Å²) in [4.78, 5) is 27.7. The molecule has 1 heterocycles. The summed E-state index contributed by atoms with van der Waals surface area (Å²) in [5.74, 6) is -0.652. The van der Waals surface area contributed by atoms with Gasteiger partial charge in [-0.25, -0.2) is 4.98 Å². The minimum Gasteiger partial charge on any atom is -0.383 e. The van der Waals surface area contributed by atoms with Gasteiger partial charge in [-0.05, 0) is 13.8 Å². The summed E-state index contributed by atoms with van der Waals surface area (Å²) in [6.07, 6.45) is 0. The molecule has 0 saturated heterocycles. The Balaban J connectivity index is 2.49. The van der Waals surface area contributed by atoms with Crippen molar-refractivity contribution in [2.24, 2.45) is 5.73 Å². The molecule has 0 saturated carbocycles. The molecule has 112 valence electrons. The molecule has 1 rings (SSSR count). The van der Waals surface area contributed by atoms with Crippen molar-refractivity contribution in [2.75, 3.05) is 20.3 Å². The molecule has 0 fully saturated rings. The average molecular weight is 300 g/mol. The normalized spacial score (nSPS) is 13.6. The molecule has 2 amide bonds. The van der Waals surface area contributed by atoms with Crippen molar-refractivity contribution in [1.82, 2.24) is 15.6 Å². The van der Waals surface area contributed by atoms with Crippen molar-refractivity contribution in [3.63, 3.8) is 0 Å². The Kier molecular flexibility index (Phi) is 6.56. The Labute approximate surface area is 121 Å². The molecule has 7 nitrogen and oxygen atoms in total. The molecular weight excluding hydrogens is 280 g/mol. The monoisotopic (exact) mass is 300 g/mol. The number of carbonyl (C=O) groups is 2. The number of hydrogen-bond donors (Lipinski definition) is 3. The van der Waals surface area contributed by atoms with Gasteiger partial charge >= 0.3 is 0 Å². The van der Waals surface area contributed by atoms with E-state index in [-0.39, 0.29) is 23.6 Å². The van der Waals surface area contributed by atoms with E-state index in [1.165, 1.54) is 11.3 Å². The summed E-state index contributed by atoms with van der Waals surface area (Å²) < 4.78 is 4.82. The second-order valence-corrected chi connectivity index (χ2v) is 5.23. The molecule has 1 aromatic rings.